The summed E-state index contributed by atoms with van der Waals surface area (Å²) in [6, 6.07) is 2.22. The number of esters is 1. The van der Waals surface area contributed by atoms with Crippen LogP contribution in [0.3, 0.4) is 0 Å². The number of rotatable bonds is 5. The molecule has 2 fully saturated rings. The second-order valence-corrected chi connectivity index (χ2v) is 13.2. The van der Waals surface area contributed by atoms with Crippen LogP contribution in [0.1, 0.15) is 25.8 Å². The fraction of sp³-hybridized carbons (Fsp3) is 0.545. The number of ether oxygens (including phenoxy) is 3. The first kappa shape index (κ1) is 29.3. The molecule has 3 aliphatic heterocycles. The summed E-state index contributed by atoms with van der Waals surface area (Å²) in [7, 11) is 1.25. The number of benzene rings is 1. The standard InChI is InChI=1S/C22H23BrCl3N3O8S/c1-10(30)36-16-6-12-14(7-13(16)23)27-18-21(12)4-5-28(37-11(2)31)17(21)15(29(18)19(32)34-3)8-38-20(33)35-9-22(24,25)26/h6-7,15,17-18,27H,4-5,8-9H2,1-3H3/t15-,17-,18-,21?/m0/s1. The average molecular weight is 676 g/mol. The molecule has 0 bridgehead atoms. The maximum absolute atomic E-state index is 13.1. The molecule has 0 radical (unpaired) electrons. The maximum Gasteiger partial charge on any atom is 0.411 e. The quantitative estimate of drug-likeness (QED) is 0.268. The minimum atomic E-state index is -1.78. The lowest BCUT2D eigenvalue weighted by Gasteiger charge is -2.33. The predicted molar refractivity (Wildman–Crippen MR) is 144 cm³/mol. The van der Waals surface area contributed by atoms with E-state index in [0.29, 0.717) is 28.9 Å². The zero-order chi connectivity index (χ0) is 28.0. The molecule has 4 rings (SSSR count). The highest BCUT2D eigenvalue weighted by Gasteiger charge is 2.70. The van der Waals surface area contributed by atoms with E-state index in [1.807, 2.05) is 0 Å². The predicted octanol–water partition coefficient (Wildman–Crippen LogP) is 4.61. The number of likely N-dealkylation sites (tertiary alicyclic amines) is 1. The molecule has 2 saturated heterocycles. The number of nitrogens with one attached hydrogen (secondary N) is 1. The maximum atomic E-state index is 13.1. The number of carbonyl (C=O) groups excluding carboxylic acids is 4. The van der Waals surface area contributed by atoms with E-state index < -0.39 is 57.4 Å². The molecule has 0 saturated carbocycles. The lowest BCUT2D eigenvalue weighted by atomic mass is 9.74. The first-order valence-electron chi connectivity index (χ1n) is 11.2. The molecule has 3 heterocycles. The minimum absolute atomic E-state index is 0.0544. The fourth-order valence-electron chi connectivity index (χ4n) is 5.46. The molecule has 0 aliphatic carbocycles. The van der Waals surface area contributed by atoms with Gasteiger partial charge in [-0.1, -0.05) is 34.8 Å². The molecule has 1 aromatic rings. The Morgan fingerprint density at radius 1 is 1.21 bits per heavy atom. The van der Waals surface area contributed by atoms with Crippen LogP contribution in [0, 0.1) is 0 Å². The summed E-state index contributed by atoms with van der Waals surface area (Å²) in [6.45, 7) is 2.48. The Hall–Kier alpha value is -1.64. The Kier molecular flexibility index (Phi) is 8.56. The van der Waals surface area contributed by atoms with Crippen LogP contribution in [0.5, 0.6) is 5.75 Å². The normalized spacial score (nSPS) is 25.7. The zero-order valence-electron chi connectivity index (χ0n) is 20.3. The van der Waals surface area contributed by atoms with Crippen LogP contribution >= 0.6 is 62.5 Å². The summed E-state index contributed by atoms with van der Waals surface area (Å²) >= 11 is 21.2. The minimum Gasteiger partial charge on any atom is -0.453 e. The van der Waals surface area contributed by atoms with E-state index in [-0.39, 0.29) is 5.75 Å². The van der Waals surface area contributed by atoms with E-state index in [0.717, 1.165) is 17.3 Å². The van der Waals surface area contributed by atoms with Crippen molar-refractivity contribution in [3.63, 3.8) is 0 Å². The van der Waals surface area contributed by atoms with Gasteiger partial charge in [-0.3, -0.25) is 14.5 Å². The Morgan fingerprint density at radius 2 is 1.92 bits per heavy atom. The van der Waals surface area contributed by atoms with E-state index >= 15 is 0 Å². The highest BCUT2D eigenvalue weighted by atomic mass is 79.9. The molecule has 38 heavy (non-hydrogen) atoms. The van der Waals surface area contributed by atoms with E-state index in [1.165, 1.54) is 30.9 Å². The molecule has 1 spiro atoms. The highest BCUT2D eigenvalue weighted by molar-refractivity contribution is 9.10. The number of anilines is 1. The summed E-state index contributed by atoms with van der Waals surface area (Å²) in [6.07, 6.45) is -0.799. The Balaban J connectivity index is 1.75. The summed E-state index contributed by atoms with van der Waals surface area (Å²) < 4.78 is 14.3. The summed E-state index contributed by atoms with van der Waals surface area (Å²) in [5.74, 6) is -0.680. The van der Waals surface area contributed by atoms with Crippen LogP contribution in [0.15, 0.2) is 16.6 Å². The van der Waals surface area contributed by atoms with E-state index in [1.54, 1.807) is 12.1 Å². The lowest BCUT2D eigenvalue weighted by Crippen LogP contribution is -2.50. The van der Waals surface area contributed by atoms with Crippen molar-refractivity contribution in [2.24, 2.45) is 0 Å². The number of hydroxylamine groups is 2. The SMILES string of the molecule is COC(=O)N1[C@@H](CSC(=O)OCC(Cl)(Cl)Cl)[C@@H]2N(OC(C)=O)CCC23c2cc(OC(C)=O)c(Br)cc2N[C@@H]13. The zero-order valence-corrected chi connectivity index (χ0v) is 25.0. The fourth-order valence-corrected chi connectivity index (χ4v) is 6.84. The molecule has 208 valence electrons. The van der Waals surface area contributed by atoms with Crippen molar-refractivity contribution in [3.8, 4) is 5.75 Å². The lowest BCUT2D eigenvalue weighted by molar-refractivity contribution is -0.194. The van der Waals surface area contributed by atoms with E-state index in [9.17, 15) is 19.2 Å². The van der Waals surface area contributed by atoms with Crippen LogP contribution in [0.25, 0.3) is 0 Å². The van der Waals surface area contributed by atoms with Crippen molar-refractivity contribution in [2.45, 2.75) is 47.7 Å². The van der Waals surface area contributed by atoms with Crippen molar-refractivity contribution in [1.82, 2.24) is 9.96 Å². The van der Waals surface area contributed by atoms with Gasteiger partial charge in [-0.25, -0.2) is 9.59 Å². The van der Waals surface area contributed by atoms with Gasteiger partial charge in [0.15, 0.2) is 0 Å². The molecule has 11 nitrogen and oxygen atoms in total. The van der Waals surface area contributed by atoms with Gasteiger partial charge >= 0.3 is 23.3 Å². The molecule has 1 amide bonds. The summed E-state index contributed by atoms with van der Waals surface area (Å²) in [5.41, 5.74) is 0.665. The molecule has 1 unspecified atom stereocenters. The van der Waals surface area contributed by atoms with Crippen LogP contribution in [0.4, 0.5) is 15.3 Å². The van der Waals surface area contributed by atoms with Crippen LogP contribution in [-0.4, -0.2) is 81.4 Å². The number of alkyl halides is 3. The van der Waals surface area contributed by atoms with Crippen LogP contribution < -0.4 is 10.1 Å². The Morgan fingerprint density at radius 3 is 2.53 bits per heavy atom. The van der Waals surface area contributed by atoms with Gasteiger partial charge in [0.1, 0.15) is 18.5 Å². The monoisotopic (exact) mass is 673 g/mol. The van der Waals surface area contributed by atoms with Gasteiger partial charge < -0.3 is 24.4 Å². The molecular formula is C22H23BrCl3N3O8S. The number of nitrogens with zero attached hydrogens (tertiary/aromatic N) is 2. The highest BCUT2D eigenvalue weighted by Crippen LogP contribution is 2.59. The van der Waals surface area contributed by atoms with Crippen LogP contribution in [-0.2, 0) is 29.3 Å². The van der Waals surface area contributed by atoms with Gasteiger partial charge in [0.25, 0.3) is 0 Å². The van der Waals surface area contributed by atoms with Crippen molar-refractivity contribution in [3.05, 3.63) is 22.2 Å². The van der Waals surface area contributed by atoms with E-state index in [4.69, 9.17) is 53.9 Å². The molecule has 0 aromatic heterocycles. The summed E-state index contributed by atoms with van der Waals surface area (Å²) in [4.78, 5) is 56.4. The number of amides is 1. The first-order chi connectivity index (χ1) is 17.8. The number of hydrogen-bond acceptors (Lipinski definition) is 11. The van der Waals surface area contributed by atoms with Gasteiger partial charge in [-0.05, 0) is 51.8 Å². The Labute approximate surface area is 245 Å². The average Bonchev–Trinajstić information content (AvgIpc) is 3.40. The number of carbonyl (C=O) groups is 4. The van der Waals surface area contributed by atoms with Gasteiger partial charge in [0.2, 0.25) is 3.79 Å². The molecule has 4 atom stereocenters. The third kappa shape index (κ3) is 5.50. The smallest absolute Gasteiger partial charge is 0.411 e. The number of methoxy groups -OCH3 is 1. The molecule has 3 aliphatic rings. The van der Waals surface area contributed by atoms with Gasteiger partial charge in [0.05, 0.1) is 29.1 Å². The number of halogens is 4. The Bertz CT molecular complexity index is 1170. The number of thioether (sulfide) groups is 1. The van der Waals surface area contributed by atoms with Crippen molar-refractivity contribution < 1.29 is 38.2 Å². The van der Waals surface area contributed by atoms with Crippen LogP contribution in [0.2, 0.25) is 0 Å². The van der Waals surface area contributed by atoms with Gasteiger partial charge in [0, 0.05) is 31.8 Å². The van der Waals surface area contributed by atoms with Crippen molar-refractivity contribution in [1.29, 1.82) is 0 Å². The van der Waals surface area contributed by atoms with Crippen molar-refractivity contribution >= 4 is 91.5 Å². The van der Waals surface area contributed by atoms with Gasteiger partial charge in [-0.15, -0.1) is 5.06 Å². The summed E-state index contributed by atoms with van der Waals surface area (Å²) in [5, 5.41) is 4.21. The van der Waals surface area contributed by atoms with Crippen molar-refractivity contribution in [2.75, 3.05) is 31.3 Å². The molecule has 16 heteroatoms. The molecule has 1 aromatic carbocycles. The second-order valence-electron chi connectivity index (χ2n) is 8.84. The third-order valence-corrected chi connectivity index (χ3v) is 8.36. The van der Waals surface area contributed by atoms with Gasteiger partial charge in [-0.2, -0.15) is 0 Å². The topological polar surface area (TPSA) is 124 Å². The van der Waals surface area contributed by atoms with E-state index in [2.05, 4.69) is 21.2 Å². The second kappa shape index (κ2) is 11.1. The molecule has 1 N–H and O–H groups in total. The number of fused-ring (bicyclic) bond motifs is 1. The largest absolute Gasteiger partial charge is 0.453 e. The molecular weight excluding hydrogens is 653 g/mol. The number of hydrogen-bond donors (Lipinski definition) is 1. The third-order valence-electron chi connectivity index (χ3n) is 6.55. The first-order valence-corrected chi connectivity index (χ1v) is 14.2.